The fourth-order valence-corrected chi connectivity index (χ4v) is 2.90. The van der Waals surface area contributed by atoms with Gasteiger partial charge in [-0.25, -0.2) is 8.42 Å². The van der Waals surface area contributed by atoms with Gasteiger partial charge in [-0.2, -0.15) is 0 Å². The number of hydrogen-bond acceptors (Lipinski definition) is 4. The summed E-state index contributed by atoms with van der Waals surface area (Å²) in [6.45, 7) is 3.60. The highest BCUT2D eigenvalue weighted by Crippen LogP contribution is 2.08. The van der Waals surface area contributed by atoms with E-state index in [9.17, 15) is 8.42 Å². The van der Waals surface area contributed by atoms with E-state index in [2.05, 4.69) is 5.32 Å². The van der Waals surface area contributed by atoms with E-state index in [0.717, 1.165) is 0 Å². The Hall–Kier alpha value is -0.130. The Morgan fingerprint density at radius 2 is 2.00 bits per heavy atom. The minimum absolute atomic E-state index is 0.0154. The maximum atomic E-state index is 11.7. The summed E-state index contributed by atoms with van der Waals surface area (Å²) in [6, 6.07) is -0.140. The molecule has 0 aliphatic carbocycles. The molecule has 0 saturated heterocycles. The maximum Gasteiger partial charge on any atom is 0.154 e. The topological polar surface area (TPSA) is 66.4 Å². The first-order valence-corrected chi connectivity index (χ1v) is 6.69. The summed E-state index contributed by atoms with van der Waals surface area (Å²) in [5, 5.41) is 11.3. The zero-order chi connectivity index (χ0) is 11.2. The summed E-state index contributed by atoms with van der Waals surface area (Å²) in [5.41, 5.74) is 0. The van der Waals surface area contributed by atoms with Crippen LogP contribution in [-0.4, -0.2) is 44.2 Å². The Balaban J connectivity index is 4.32. The maximum absolute atomic E-state index is 11.7. The van der Waals surface area contributed by atoms with Crippen molar-refractivity contribution in [3.05, 3.63) is 0 Å². The Kier molecular flexibility index (Phi) is 6.31. The van der Waals surface area contributed by atoms with Crippen LogP contribution in [0.2, 0.25) is 0 Å². The largest absolute Gasteiger partial charge is 0.396 e. The number of aliphatic hydroxyl groups excluding tert-OH is 1. The fraction of sp³-hybridized carbons (Fsp3) is 1.00. The summed E-state index contributed by atoms with van der Waals surface area (Å²) in [7, 11) is -1.30. The SMILES string of the molecule is CCC(C)S(=O)(=O)CC(CCO)NC. The molecule has 0 fully saturated rings. The van der Waals surface area contributed by atoms with Crippen LogP contribution in [0.3, 0.4) is 0 Å². The van der Waals surface area contributed by atoms with Gasteiger partial charge >= 0.3 is 0 Å². The van der Waals surface area contributed by atoms with E-state index in [1.807, 2.05) is 6.92 Å². The second-order valence-corrected chi connectivity index (χ2v) is 6.01. The highest BCUT2D eigenvalue weighted by Gasteiger charge is 2.22. The third-order valence-electron chi connectivity index (χ3n) is 2.51. The minimum Gasteiger partial charge on any atom is -0.396 e. The molecule has 0 radical (unpaired) electrons. The van der Waals surface area contributed by atoms with E-state index in [0.29, 0.717) is 12.8 Å². The highest BCUT2D eigenvalue weighted by atomic mass is 32.2. The summed E-state index contributed by atoms with van der Waals surface area (Å²) in [4.78, 5) is 0. The van der Waals surface area contributed by atoms with Crippen LogP contribution in [0.25, 0.3) is 0 Å². The van der Waals surface area contributed by atoms with Crippen LogP contribution in [0.15, 0.2) is 0 Å². The molecule has 0 bridgehead atoms. The molecule has 0 aliphatic heterocycles. The average molecular weight is 223 g/mol. The van der Waals surface area contributed by atoms with E-state index >= 15 is 0 Å². The van der Waals surface area contributed by atoms with Crippen LogP contribution in [0.5, 0.6) is 0 Å². The Morgan fingerprint density at radius 1 is 1.43 bits per heavy atom. The van der Waals surface area contributed by atoms with Gasteiger partial charge in [0, 0.05) is 12.6 Å². The Labute approximate surface area is 86.6 Å². The van der Waals surface area contributed by atoms with Gasteiger partial charge in [0.05, 0.1) is 11.0 Å². The van der Waals surface area contributed by atoms with Crippen LogP contribution in [0.1, 0.15) is 26.7 Å². The molecule has 0 amide bonds. The minimum atomic E-state index is -3.02. The van der Waals surface area contributed by atoms with Crippen molar-refractivity contribution in [1.82, 2.24) is 5.32 Å². The van der Waals surface area contributed by atoms with E-state index in [1.54, 1.807) is 14.0 Å². The molecule has 2 N–H and O–H groups in total. The van der Waals surface area contributed by atoms with Crippen molar-refractivity contribution in [2.24, 2.45) is 0 Å². The lowest BCUT2D eigenvalue weighted by molar-refractivity contribution is 0.272. The van der Waals surface area contributed by atoms with Crippen LogP contribution in [0.4, 0.5) is 0 Å². The normalized spacial score (nSPS) is 16.6. The number of hydrogen-bond donors (Lipinski definition) is 2. The molecule has 5 heteroatoms. The zero-order valence-corrected chi connectivity index (χ0v) is 9.97. The number of aliphatic hydroxyl groups is 1. The lowest BCUT2D eigenvalue weighted by Crippen LogP contribution is -2.36. The molecule has 86 valence electrons. The van der Waals surface area contributed by atoms with E-state index in [1.165, 1.54) is 0 Å². The first-order chi connectivity index (χ1) is 6.47. The molecule has 0 saturated carbocycles. The molecular formula is C9H21NO3S. The monoisotopic (exact) mass is 223 g/mol. The first kappa shape index (κ1) is 13.9. The second-order valence-electron chi connectivity index (χ2n) is 3.55. The van der Waals surface area contributed by atoms with Crippen molar-refractivity contribution in [1.29, 1.82) is 0 Å². The van der Waals surface area contributed by atoms with Gasteiger partial charge in [0.2, 0.25) is 0 Å². The number of nitrogens with one attached hydrogen (secondary N) is 1. The van der Waals surface area contributed by atoms with Crippen LogP contribution in [0, 0.1) is 0 Å². The van der Waals surface area contributed by atoms with Gasteiger partial charge in [0.1, 0.15) is 0 Å². The molecule has 2 atom stereocenters. The predicted molar refractivity (Wildman–Crippen MR) is 58.1 cm³/mol. The molecule has 4 nitrogen and oxygen atoms in total. The van der Waals surface area contributed by atoms with Crippen LogP contribution < -0.4 is 5.32 Å². The number of sulfone groups is 1. The predicted octanol–water partition coefficient (Wildman–Crippen LogP) is 0.170. The lowest BCUT2D eigenvalue weighted by Gasteiger charge is -2.17. The Morgan fingerprint density at radius 3 is 2.36 bits per heavy atom. The molecule has 0 aromatic carbocycles. The van der Waals surface area contributed by atoms with E-state index < -0.39 is 9.84 Å². The molecule has 0 spiro atoms. The molecule has 0 aromatic heterocycles. The van der Waals surface area contributed by atoms with Crippen molar-refractivity contribution in [3.8, 4) is 0 Å². The summed E-state index contributed by atoms with van der Waals surface area (Å²) in [5.74, 6) is 0.110. The van der Waals surface area contributed by atoms with Gasteiger partial charge in [0.25, 0.3) is 0 Å². The van der Waals surface area contributed by atoms with Crippen molar-refractivity contribution < 1.29 is 13.5 Å². The van der Waals surface area contributed by atoms with Gasteiger partial charge in [0.15, 0.2) is 9.84 Å². The van der Waals surface area contributed by atoms with Crippen LogP contribution >= 0.6 is 0 Å². The van der Waals surface area contributed by atoms with E-state index in [4.69, 9.17) is 5.11 Å². The first-order valence-electron chi connectivity index (χ1n) is 4.97. The molecule has 0 aromatic rings. The summed E-state index contributed by atoms with van der Waals surface area (Å²) in [6.07, 6.45) is 1.12. The van der Waals surface area contributed by atoms with Gasteiger partial charge in [-0.05, 0) is 26.8 Å². The molecule has 0 heterocycles. The van der Waals surface area contributed by atoms with E-state index in [-0.39, 0.29) is 23.7 Å². The molecule has 0 aliphatic rings. The third kappa shape index (κ3) is 4.39. The smallest absolute Gasteiger partial charge is 0.154 e. The van der Waals surface area contributed by atoms with Gasteiger partial charge in [-0.1, -0.05) is 6.92 Å². The molecular weight excluding hydrogens is 202 g/mol. The van der Waals surface area contributed by atoms with Crippen molar-refractivity contribution in [3.63, 3.8) is 0 Å². The van der Waals surface area contributed by atoms with Crippen molar-refractivity contribution >= 4 is 9.84 Å². The average Bonchev–Trinajstić information content (AvgIpc) is 2.15. The van der Waals surface area contributed by atoms with Gasteiger partial charge in [-0.15, -0.1) is 0 Å². The van der Waals surface area contributed by atoms with Crippen molar-refractivity contribution in [2.45, 2.75) is 38.0 Å². The standard InChI is InChI=1S/C9H21NO3S/c1-4-8(2)14(12,13)7-9(10-3)5-6-11/h8-11H,4-7H2,1-3H3. The number of rotatable bonds is 7. The van der Waals surface area contributed by atoms with Crippen molar-refractivity contribution in [2.75, 3.05) is 19.4 Å². The quantitative estimate of drug-likeness (QED) is 0.646. The second kappa shape index (κ2) is 6.37. The third-order valence-corrected chi connectivity index (χ3v) is 4.93. The van der Waals surface area contributed by atoms with Gasteiger partial charge in [-0.3, -0.25) is 0 Å². The highest BCUT2D eigenvalue weighted by molar-refractivity contribution is 7.92. The fourth-order valence-electron chi connectivity index (χ4n) is 1.17. The van der Waals surface area contributed by atoms with Crippen LogP contribution in [-0.2, 0) is 9.84 Å². The molecule has 14 heavy (non-hydrogen) atoms. The Bertz CT molecular complexity index is 238. The van der Waals surface area contributed by atoms with Gasteiger partial charge < -0.3 is 10.4 Å². The summed E-state index contributed by atoms with van der Waals surface area (Å²) >= 11 is 0. The lowest BCUT2D eigenvalue weighted by atomic mass is 10.2. The molecule has 2 unspecified atom stereocenters. The zero-order valence-electron chi connectivity index (χ0n) is 9.16. The summed E-state index contributed by atoms with van der Waals surface area (Å²) < 4.78 is 23.4. The molecule has 0 rings (SSSR count).